The first kappa shape index (κ1) is 21.0. The highest BCUT2D eigenvalue weighted by molar-refractivity contribution is 6.08. The van der Waals surface area contributed by atoms with Gasteiger partial charge in [-0.1, -0.05) is 36.4 Å². The maximum absolute atomic E-state index is 13.0. The van der Waals surface area contributed by atoms with Crippen molar-refractivity contribution in [1.29, 1.82) is 0 Å². The van der Waals surface area contributed by atoms with Crippen LogP contribution in [0.4, 0.5) is 17.3 Å². The van der Waals surface area contributed by atoms with Crippen LogP contribution < -0.4 is 15.5 Å². The number of hydrogen-bond donors (Lipinski definition) is 2. The van der Waals surface area contributed by atoms with Gasteiger partial charge in [0.15, 0.2) is 0 Å². The number of aromatic nitrogens is 2. The molecule has 2 aromatic heterocycles. The number of hydrogen-bond acceptors (Lipinski definition) is 5. The van der Waals surface area contributed by atoms with Gasteiger partial charge in [0.2, 0.25) is 5.91 Å². The first-order chi connectivity index (χ1) is 15.5. The number of fused-ring (bicyclic) bond motifs is 1. The summed E-state index contributed by atoms with van der Waals surface area (Å²) in [4.78, 5) is 34.6. The number of carbonyl (C=O) groups is 2. The molecule has 0 aliphatic heterocycles. The fraction of sp³-hybridized carbons (Fsp3) is 0.120. The Morgan fingerprint density at radius 2 is 1.69 bits per heavy atom. The van der Waals surface area contributed by atoms with Crippen LogP contribution in [0.5, 0.6) is 0 Å². The molecule has 2 amide bonds. The molecule has 0 atom stereocenters. The first-order valence-corrected chi connectivity index (χ1v) is 10.2. The molecule has 0 saturated carbocycles. The zero-order chi connectivity index (χ0) is 22.5. The minimum atomic E-state index is -0.248. The fourth-order valence-corrected chi connectivity index (χ4v) is 3.28. The summed E-state index contributed by atoms with van der Waals surface area (Å²) >= 11 is 0. The first-order valence-electron chi connectivity index (χ1n) is 10.2. The Morgan fingerprint density at radius 1 is 0.938 bits per heavy atom. The Bertz CT molecular complexity index is 1290. The highest BCUT2D eigenvalue weighted by Gasteiger charge is 2.13. The largest absolute Gasteiger partial charge is 0.380 e. The van der Waals surface area contributed by atoms with E-state index in [0.717, 1.165) is 16.3 Å². The predicted octanol–water partition coefficient (Wildman–Crippen LogP) is 4.48. The normalized spacial score (nSPS) is 10.6. The number of nitrogens with zero attached hydrogens (tertiary/aromatic N) is 3. The number of pyridine rings is 2. The van der Waals surface area contributed by atoms with Crippen LogP contribution in [-0.2, 0) is 11.3 Å². The molecule has 7 heteroatoms. The minimum Gasteiger partial charge on any atom is -0.380 e. The molecule has 2 aromatic carbocycles. The van der Waals surface area contributed by atoms with E-state index in [-0.39, 0.29) is 11.8 Å². The Balaban J connectivity index is 1.49. The third kappa shape index (κ3) is 4.73. The van der Waals surface area contributed by atoms with Crippen LogP contribution in [0.3, 0.4) is 0 Å². The monoisotopic (exact) mass is 425 g/mol. The summed E-state index contributed by atoms with van der Waals surface area (Å²) < 4.78 is 0. The summed E-state index contributed by atoms with van der Waals surface area (Å²) in [7, 11) is 1.68. The summed E-state index contributed by atoms with van der Waals surface area (Å²) in [6.45, 7) is 1.96. The Morgan fingerprint density at radius 3 is 2.50 bits per heavy atom. The molecule has 0 unspecified atom stereocenters. The molecular weight excluding hydrogens is 402 g/mol. The van der Waals surface area contributed by atoms with Crippen molar-refractivity contribution in [3.63, 3.8) is 0 Å². The summed E-state index contributed by atoms with van der Waals surface area (Å²) in [5.74, 6) is 0.731. The molecule has 160 valence electrons. The SMILES string of the molecule is CC(=O)N(C)c1cc(CNc2ccccc2C(=O)Nc2cc3ccccc3cn2)ccn1. The molecule has 0 aliphatic rings. The van der Waals surface area contributed by atoms with E-state index >= 15 is 0 Å². The molecule has 0 aliphatic carbocycles. The van der Waals surface area contributed by atoms with Crippen LogP contribution in [0.2, 0.25) is 0 Å². The highest BCUT2D eigenvalue weighted by atomic mass is 16.2. The lowest BCUT2D eigenvalue weighted by Gasteiger charge is -2.16. The van der Waals surface area contributed by atoms with Gasteiger partial charge >= 0.3 is 0 Å². The predicted molar refractivity (Wildman–Crippen MR) is 127 cm³/mol. The van der Waals surface area contributed by atoms with Crippen molar-refractivity contribution in [1.82, 2.24) is 9.97 Å². The third-order valence-corrected chi connectivity index (χ3v) is 5.15. The lowest BCUT2D eigenvalue weighted by atomic mass is 10.1. The van der Waals surface area contributed by atoms with Crippen LogP contribution >= 0.6 is 0 Å². The van der Waals surface area contributed by atoms with Gasteiger partial charge in [0.05, 0.1) is 5.56 Å². The number of amides is 2. The standard InChI is InChI=1S/C25H23N5O2/c1-17(31)30(2)24-13-18(11-12-26-24)15-27-22-10-6-5-9-21(22)25(32)29-23-14-19-7-3-4-8-20(19)16-28-23/h3-14,16,27H,15H2,1-2H3,(H,28,29,32). The molecule has 0 fully saturated rings. The van der Waals surface area contributed by atoms with Crippen LogP contribution in [0.15, 0.2) is 79.1 Å². The second kappa shape index (κ2) is 9.26. The lowest BCUT2D eigenvalue weighted by molar-refractivity contribution is -0.116. The molecule has 0 spiro atoms. The number of carbonyl (C=O) groups excluding carboxylic acids is 2. The van der Waals surface area contributed by atoms with E-state index in [4.69, 9.17) is 0 Å². The average molecular weight is 425 g/mol. The molecule has 32 heavy (non-hydrogen) atoms. The molecule has 2 heterocycles. The zero-order valence-electron chi connectivity index (χ0n) is 17.9. The highest BCUT2D eigenvalue weighted by Crippen LogP contribution is 2.21. The van der Waals surface area contributed by atoms with Crippen LogP contribution in [0.1, 0.15) is 22.8 Å². The topological polar surface area (TPSA) is 87.2 Å². The number of benzene rings is 2. The van der Waals surface area contributed by atoms with Gasteiger partial charge in [-0.2, -0.15) is 0 Å². The second-order valence-corrected chi connectivity index (χ2v) is 7.37. The minimum absolute atomic E-state index is 0.0908. The molecule has 0 saturated heterocycles. The van der Waals surface area contributed by atoms with Gasteiger partial charge in [0.25, 0.3) is 5.91 Å². The quantitative estimate of drug-likeness (QED) is 0.476. The summed E-state index contributed by atoms with van der Waals surface area (Å²) in [6.07, 6.45) is 3.41. The van der Waals surface area contributed by atoms with E-state index in [9.17, 15) is 9.59 Å². The molecule has 4 aromatic rings. The number of para-hydroxylation sites is 1. The Labute approximate surface area is 186 Å². The number of anilines is 3. The van der Waals surface area contributed by atoms with Crippen molar-refractivity contribution < 1.29 is 9.59 Å². The van der Waals surface area contributed by atoms with Crippen molar-refractivity contribution in [2.75, 3.05) is 22.6 Å². The molecule has 4 rings (SSSR count). The van der Waals surface area contributed by atoms with E-state index in [1.165, 1.54) is 11.8 Å². The molecule has 7 nitrogen and oxygen atoms in total. The molecule has 0 bridgehead atoms. The van der Waals surface area contributed by atoms with Crippen molar-refractivity contribution in [2.45, 2.75) is 13.5 Å². The van der Waals surface area contributed by atoms with Gasteiger partial charge in [0, 0.05) is 44.0 Å². The molecular formula is C25H23N5O2. The van der Waals surface area contributed by atoms with E-state index < -0.39 is 0 Å². The zero-order valence-corrected chi connectivity index (χ0v) is 17.9. The smallest absolute Gasteiger partial charge is 0.258 e. The van der Waals surface area contributed by atoms with Crippen LogP contribution in [-0.4, -0.2) is 28.8 Å². The molecule has 0 radical (unpaired) electrons. The van der Waals surface area contributed by atoms with Gasteiger partial charge in [-0.25, -0.2) is 9.97 Å². The lowest BCUT2D eigenvalue weighted by Crippen LogP contribution is -2.24. The van der Waals surface area contributed by atoms with Gasteiger partial charge < -0.3 is 15.5 Å². The number of nitrogens with one attached hydrogen (secondary N) is 2. The van der Waals surface area contributed by atoms with Gasteiger partial charge in [0.1, 0.15) is 11.6 Å². The van der Waals surface area contributed by atoms with Crippen LogP contribution in [0, 0.1) is 0 Å². The van der Waals surface area contributed by atoms with Crippen molar-refractivity contribution >= 4 is 39.9 Å². The molecule has 2 N–H and O–H groups in total. The van der Waals surface area contributed by atoms with Gasteiger partial charge in [-0.15, -0.1) is 0 Å². The third-order valence-electron chi connectivity index (χ3n) is 5.15. The maximum atomic E-state index is 13.0. The van der Waals surface area contributed by atoms with E-state index in [1.807, 2.05) is 60.7 Å². The summed E-state index contributed by atoms with van der Waals surface area (Å²) in [5.41, 5.74) is 2.15. The maximum Gasteiger partial charge on any atom is 0.258 e. The van der Waals surface area contributed by atoms with Crippen LogP contribution in [0.25, 0.3) is 10.8 Å². The van der Waals surface area contributed by atoms with Gasteiger partial charge in [-0.3, -0.25) is 9.59 Å². The summed E-state index contributed by atoms with van der Waals surface area (Å²) in [6, 6.07) is 20.7. The van der Waals surface area contributed by atoms with Crippen molar-refractivity contribution in [3.05, 3.63) is 90.3 Å². The van der Waals surface area contributed by atoms with E-state index in [1.54, 1.807) is 25.5 Å². The fourth-order valence-electron chi connectivity index (χ4n) is 3.28. The Kier molecular flexibility index (Phi) is 6.07. The van der Waals surface area contributed by atoms with Crippen molar-refractivity contribution in [3.8, 4) is 0 Å². The second-order valence-electron chi connectivity index (χ2n) is 7.37. The van der Waals surface area contributed by atoms with Crippen molar-refractivity contribution in [2.24, 2.45) is 0 Å². The summed E-state index contributed by atoms with van der Waals surface area (Å²) in [5, 5.41) is 8.21. The number of rotatable bonds is 6. The average Bonchev–Trinajstić information content (AvgIpc) is 2.82. The van der Waals surface area contributed by atoms with E-state index in [0.29, 0.717) is 29.4 Å². The Hall–Kier alpha value is -4.26. The van der Waals surface area contributed by atoms with Gasteiger partial charge in [-0.05, 0) is 41.3 Å². The van der Waals surface area contributed by atoms with E-state index in [2.05, 4.69) is 20.6 Å².